The third-order valence-corrected chi connectivity index (χ3v) is 4.97. The molecule has 0 saturated carbocycles. The van der Waals surface area contributed by atoms with Crippen molar-refractivity contribution >= 4 is 12.1 Å². The number of esters is 1. The second-order valence-electron chi connectivity index (χ2n) is 7.75. The van der Waals surface area contributed by atoms with Crippen LogP contribution in [0.3, 0.4) is 0 Å². The molecule has 3 aliphatic heterocycles. The molecule has 0 radical (unpaired) electrons. The van der Waals surface area contributed by atoms with Crippen molar-refractivity contribution in [3.8, 4) is 0 Å². The number of carbonyl (C=O) groups excluding carboxylic acids is 2. The Hall–Kier alpha value is -2.34. The topological polar surface area (TPSA) is 113 Å². The highest BCUT2D eigenvalue weighted by molar-refractivity contribution is 5.78. The Morgan fingerprint density at radius 1 is 1.16 bits per heavy atom. The van der Waals surface area contributed by atoms with E-state index < -0.39 is 41.5 Å². The molecule has 2 N–H and O–H groups in total. The first kappa shape index (κ1) is 23.3. The first-order valence-electron chi connectivity index (χ1n) is 9.74. The van der Waals surface area contributed by atoms with Gasteiger partial charge in [-0.25, -0.2) is 9.59 Å². The quantitative estimate of drug-likeness (QED) is 0.580. The summed E-state index contributed by atoms with van der Waals surface area (Å²) in [6, 6.07) is 6.65. The summed E-state index contributed by atoms with van der Waals surface area (Å²) in [5.41, 5.74) is 0.147. The number of fused-ring (bicyclic) bond motifs is 3. The van der Waals surface area contributed by atoms with Crippen molar-refractivity contribution < 1.29 is 47.2 Å². The third-order valence-electron chi connectivity index (χ3n) is 4.97. The molecule has 172 valence electrons. The van der Waals surface area contributed by atoms with Gasteiger partial charge in [-0.05, 0) is 12.5 Å². The summed E-state index contributed by atoms with van der Waals surface area (Å²) in [7, 11) is 0. The lowest BCUT2D eigenvalue weighted by molar-refractivity contribution is -0.480. The van der Waals surface area contributed by atoms with E-state index in [2.05, 4.69) is 10.1 Å². The van der Waals surface area contributed by atoms with E-state index in [0.717, 1.165) is 0 Å². The van der Waals surface area contributed by atoms with E-state index in [1.807, 2.05) is 0 Å². The second-order valence-corrected chi connectivity index (χ2v) is 7.75. The standard InChI is InChI=1S/C20H25F2NO8/c1-3-27-16(25)19(21,22)15(24)14(20-29-10-18(2,11-30-20)12-31-20)23-17(26)28-9-13-7-5-4-6-8-13/h4-8,14-15,24H,3,9-12H2,1-2H3,(H,23,26)/t14-,15-,18?,20?/m1/s1. The van der Waals surface area contributed by atoms with Gasteiger partial charge in [0.1, 0.15) is 12.6 Å². The lowest BCUT2D eigenvalue weighted by Gasteiger charge is -2.53. The summed E-state index contributed by atoms with van der Waals surface area (Å²) < 4.78 is 55.1. The molecule has 9 nitrogen and oxygen atoms in total. The first-order valence-corrected chi connectivity index (χ1v) is 9.74. The number of carbonyl (C=O) groups is 2. The fraction of sp³-hybridized carbons (Fsp3) is 0.600. The van der Waals surface area contributed by atoms with Gasteiger partial charge in [-0.1, -0.05) is 37.3 Å². The zero-order valence-electron chi connectivity index (χ0n) is 17.1. The van der Waals surface area contributed by atoms with Crippen LogP contribution in [0.4, 0.5) is 13.6 Å². The van der Waals surface area contributed by atoms with Crippen LogP contribution in [0.15, 0.2) is 30.3 Å². The van der Waals surface area contributed by atoms with Gasteiger partial charge >= 0.3 is 24.0 Å². The molecule has 3 aliphatic rings. The molecule has 1 aromatic carbocycles. The number of benzene rings is 1. The summed E-state index contributed by atoms with van der Waals surface area (Å²) in [6.07, 6.45) is -3.94. The molecule has 1 aromatic rings. The van der Waals surface area contributed by atoms with Crippen LogP contribution in [0.25, 0.3) is 0 Å². The van der Waals surface area contributed by atoms with E-state index in [1.54, 1.807) is 37.3 Å². The van der Waals surface area contributed by atoms with Gasteiger partial charge in [-0.3, -0.25) is 0 Å². The number of aliphatic hydroxyl groups excluding tert-OH is 1. The lowest BCUT2D eigenvalue weighted by Crippen LogP contribution is -2.72. The summed E-state index contributed by atoms with van der Waals surface area (Å²) in [4.78, 5) is 24.1. The number of halogens is 2. The maximum atomic E-state index is 14.6. The Morgan fingerprint density at radius 3 is 2.29 bits per heavy atom. The van der Waals surface area contributed by atoms with Crippen molar-refractivity contribution in [3.05, 3.63) is 35.9 Å². The van der Waals surface area contributed by atoms with Crippen molar-refractivity contribution in [2.75, 3.05) is 26.4 Å². The molecule has 1 amide bonds. The summed E-state index contributed by atoms with van der Waals surface area (Å²) in [6.45, 7) is 2.87. The van der Waals surface area contributed by atoms with Gasteiger partial charge in [0.05, 0.1) is 26.4 Å². The smallest absolute Gasteiger partial charge is 0.408 e. The van der Waals surface area contributed by atoms with Crippen LogP contribution in [0.5, 0.6) is 0 Å². The molecule has 11 heteroatoms. The van der Waals surface area contributed by atoms with Gasteiger partial charge < -0.3 is 34.1 Å². The number of rotatable bonds is 8. The Labute approximate surface area is 177 Å². The molecule has 4 rings (SSSR count). The molecule has 3 saturated heterocycles. The second kappa shape index (κ2) is 9.03. The van der Waals surface area contributed by atoms with Crippen LogP contribution in [0.1, 0.15) is 19.4 Å². The molecular formula is C20H25F2NO8. The maximum Gasteiger partial charge on any atom is 0.408 e. The van der Waals surface area contributed by atoms with E-state index in [-0.39, 0.29) is 33.0 Å². The van der Waals surface area contributed by atoms with Gasteiger partial charge in [0.25, 0.3) is 0 Å². The molecule has 0 aliphatic carbocycles. The van der Waals surface area contributed by atoms with E-state index >= 15 is 0 Å². The third kappa shape index (κ3) is 4.95. The van der Waals surface area contributed by atoms with Gasteiger partial charge in [-0.15, -0.1) is 0 Å². The SMILES string of the molecule is CCOC(=O)C(F)(F)[C@H](O)[C@@H](NC(=O)OCc1ccccc1)C12OCC(C)(CO1)CO2. The molecule has 3 heterocycles. The average Bonchev–Trinajstić information content (AvgIpc) is 2.77. The number of aliphatic hydroxyl groups is 1. The van der Waals surface area contributed by atoms with Crippen LogP contribution in [-0.4, -0.2) is 67.6 Å². The van der Waals surface area contributed by atoms with Crippen LogP contribution in [0.2, 0.25) is 0 Å². The number of hydrogen-bond donors (Lipinski definition) is 2. The highest BCUT2D eigenvalue weighted by atomic mass is 19.3. The zero-order chi connectivity index (χ0) is 22.7. The van der Waals surface area contributed by atoms with Gasteiger partial charge in [0.2, 0.25) is 0 Å². The van der Waals surface area contributed by atoms with Gasteiger partial charge in [0.15, 0.2) is 6.10 Å². The Balaban J connectivity index is 1.79. The zero-order valence-corrected chi connectivity index (χ0v) is 17.1. The van der Waals surface area contributed by atoms with E-state index in [4.69, 9.17) is 18.9 Å². The van der Waals surface area contributed by atoms with Crippen molar-refractivity contribution in [2.45, 2.75) is 44.5 Å². The molecule has 2 bridgehead atoms. The van der Waals surface area contributed by atoms with Crippen molar-refractivity contribution in [3.63, 3.8) is 0 Å². The average molecular weight is 445 g/mol. The molecule has 3 fully saturated rings. The minimum atomic E-state index is -4.39. The summed E-state index contributed by atoms with van der Waals surface area (Å²) in [5, 5.41) is 12.6. The fourth-order valence-electron chi connectivity index (χ4n) is 3.15. The number of hydrogen-bond acceptors (Lipinski definition) is 8. The lowest BCUT2D eigenvalue weighted by atomic mass is 9.90. The minimum absolute atomic E-state index is 0.0714. The Morgan fingerprint density at radius 2 is 1.74 bits per heavy atom. The van der Waals surface area contributed by atoms with E-state index in [1.165, 1.54) is 6.92 Å². The first-order chi connectivity index (χ1) is 14.6. The molecular weight excluding hydrogens is 420 g/mol. The van der Waals surface area contributed by atoms with Crippen LogP contribution < -0.4 is 5.32 Å². The highest BCUT2D eigenvalue weighted by Gasteiger charge is 2.64. The maximum absolute atomic E-state index is 14.6. The van der Waals surface area contributed by atoms with Gasteiger partial charge in [-0.2, -0.15) is 8.78 Å². The van der Waals surface area contributed by atoms with E-state index in [0.29, 0.717) is 5.56 Å². The largest absolute Gasteiger partial charge is 0.461 e. The fourth-order valence-corrected chi connectivity index (χ4v) is 3.15. The van der Waals surface area contributed by atoms with Crippen molar-refractivity contribution in [1.82, 2.24) is 5.32 Å². The summed E-state index contributed by atoms with van der Waals surface area (Å²) in [5.74, 6) is -8.57. The Bertz CT molecular complexity index is 766. The van der Waals surface area contributed by atoms with Crippen LogP contribution >= 0.6 is 0 Å². The van der Waals surface area contributed by atoms with Gasteiger partial charge in [0, 0.05) is 5.41 Å². The highest BCUT2D eigenvalue weighted by Crippen LogP contribution is 2.42. The molecule has 0 unspecified atom stereocenters. The van der Waals surface area contributed by atoms with E-state index in [9.17, 15) is 23.5 Å². The molecule has 31 heavy (non-hydrogen) atoms. The van der Waals surface area contributed by atoms with Crippen LogP contribution in [0, 0.1) is 5.41 Å². The number of alkyl carbamates (subject to hydrolysis) is 1. The Kier molecular flexibility index (Phi) is 6.79. The van der Waals surface area contributed by atoms with Crippen LogP contribution in [-0.2, 0) is 35.1 Å². The predicted octanol–water partition coefficient (Wildman–Crippen LogP) is 1.58. The number of nitrogens with one attached hydrogen (secondary N) is 1. The molecule has 2 atom stereocenters. The summed E-state index contributed by atoms with van der Waals surface area (Å²) >= 11 is 0. The predicted molar refractivity (Wildman–Crippen MR) is 99.8 cm³/mol. The molecule has 0 aromatic heterocycles. The monoisotopic (exact) mass is 445 g/mol. The number of ether oxygens (including phenoxy) is 5. The number of alkyl halides is 2. The number of amides is 1. The minimum Gasteiger partial charge on any atom is -0.461 e. The van der Waals surface area contributed by atoms with Crippen molar-refractivity contribution in [2.24, 2.45) is 5.41 Å². The normalized spacial score (nSPS) is 27.3. The molecule has 0 spiro atoms. The van der Waals surface area contributed by atoms with Crippen molar-refractivity contribution in [1.29, 1.82) is 0 Å².